The van der Waals surface area contributed by atoms with Gasteiger partial charge < -0.3 is 19.7 Å². The lowest BCUT2D eigenvalue weighted by atomic mass is 10.1. The van der Waals surface area contributed by atoms with E-state index in [0.29, 0.717) is 24.5 Å². The number of ether oxygens (including phenoxy) is 2. The average molecular weight is 610 g/mol. The Hall–Kier alpha value is -4.05. The quantitative estimate of drug-likeness (QED) is 0.236. The molecular weight excluding hydrogens is 566 g/mol. The highest BCUT2D eigenvalue weighted by atomic mass is 32.2. The second-order valence-electron chi connectivity index (χ2n) is 10.4. The number of amides is 2. The van der Waals surface area contributed by atoms with E-state index in [-0.39, 0.29) is 23.0 Å². The highest BCUT2D eigenvalue weighted by Crippen LogP contribution is 2.34. The highest BCUT2D eigenvalue weighted by Gasteiger charge is 2.34. The summed E-state index contributed by atoms with van der Waals surface area (Å²) in [7, 11) is -1.19. The van der Waals surface area contributed by atoms with Crippen LogP contribution < -0.4 is 19.1 Å². The number of carbonyl (C=O) groups is 2. The maximum atomic E-state index is 14.3. The summed E-state index contributed by atoms with van der Waals surface area (Å²) in [6.45, 7) is 7.63. The Kier molecular flexibility index (Phi) is 12.0. The first-order valence-electron chi connectivity index (χ1n) is 14.5. The van der Waals surface area contributed by atoms with Gasteiger partial charge in [0.2, 0.25) is 11.8 Å². The third kappa shape index (κ3) is 8.50. The van der Waals surface area contributed by atoms with Crippen LogP contribution in [0.15, 0.2) is 71.6 Å². The first kappa shape index (κ1) is 33.5. The second-order valence-corrected chi connectivity index (χ2v) is 12.3. The molecule has 3 aromatic carbocycles. The molecule has 0 saturated carbocycles. The molecule has 0 radical (unpaired) electrons. The van der Waals surface area contributed by atoms with Gasteiger partial charge in [-0.2, -0.15) is 0 Å². The summed E-state index contributed by atoms with van der Waals surface area (Å²) in [6, 6.07) is 18.0. The topological polar surface area (TPSA) is 105 Å². The molecule has 0 aliphatic rings. The van der Waals surface area contributed by atoms with Gasteiger partial charge in [0.1, 0.15) is 24.1 Å². The van der Waals surface area contributed by atoms with Crippen molar-refractivity contribution in [2.75, 3.05) is 31.6 Å². The number of anilines is 1. The first-order chi connectivity index (χ1) is 20.5. The molecule has 0 saturated heterocycles. The summed E-state index contributed by atoms with van der Waals surface area (Å²) >= 11 is 0. The van der Waals surface area contributed by atoms with E-state index in [2.05, 4.69) is 5.32 Å². The van der Waals surface area contributed by atoms with E-state index >= 15 is 0 Å². The molecule has 3 rings (SSSR count). The van der Waals surface area contributed by atoms with Gasteiger partial charge in [-0.3, -0.25) is 13.9 Å². The lowest BCUT2D eigenvalue weighted by Gasteiger charge is -2.33. The molecule has 0 bridgehead atoms. The molecule has 0 heterocycles. The molecule has 0 unspecified atom stereocenters. The second kappa shape index (κ2) is 15.4. The molecule has 1 atom stereocenters. The van der Waals surface area contributed by atoms with Crippen molar-refractivity contribution in [3.8, 4) is 11.5 Å². The van der Waals surface area contributed by atoms with Crippen molar-refractivity contribution in [2.45, 2.75) is 64.4 Å². The number of benzene rings is 3. The number of hydrogen-bond donors (Lipinski definition) is 1. The standard InChI is InChI=1S/C33H43N3O6S/c1-7-9-20-34-33(38)29(8-2)35(22-26-13-15-27(41-5)16-14-26)32(37)23-36(30-21-25(4)12-19-31(30)42-6)43(39,40)28-17-10-24(3)11-18-28/h10-19,21,29H,7-9,20,22-23H2,1-6H3,(H,34,38)/t29-/m1/s1. The van der Waals surface area contributed by atoms with Gasteiger partial charge in [0.15, 0.2) is 0 Å². The van der Waals surface area contributed by atoms with E-state index in [4.69, 9.17) is 9.47 Å². The summed E-state index contributed by atoms with van der Waals surface area (Å²) in [6.07, 6.45) is 2.07. The fourth-order valence-electron chi connectivity index (χ4n) is 4.70. The largest absolute Gasteiger partial charge is 0.497 e. The van der Waals surface area contributed by atoms with Gasteiger partial charge in [-0.15, -0.1) is 0 Å². The van der Waals surface area contributed by atoms with E-state index in [9.17, 15) is 18.0 Å². The minimum Gasteiger partial charge on any atom is -0.497 e. The molecular formula is C33H43N3O6S. The maximum absolute atomic E-state index is 14.3. The summed E-state index contributed by atoms with van der Waals surface area (Å²) in [5, 5.41) is 2.94. The number of unbranched alkanes of at least 4 members (excludes halogenated alkanes) is 1. The van der Waals surface area contributed by atoms with Crippen LogP contribution in [0.3, 0.4) is 0 Å². The number of rotatable bonds is 15. The number of nitrogens with one attached hydrogen (secondary N) is 1. The van der Waals surface area contributed by atoms with Crippen LogP contribution in [0.5, 0.6) is 11.5 Å². The highest BCUT2D eigenvalue weighted by molar-refractivity contribution is 7.92. The van der Waals surface area contributed by atoms with Gasteiger partial charge in [0, 0.05) is 13.1 Å². The molecule has 0 spiro atoms. The Bertz CT molecular complexity index is 1470. The molecule has 3 aromatic rings. The Morgan fingerprint density at radius 3 is 2.12 bits per heavy atom. The monoisotopic (exact) mass is 609 g/mol. The van der Waals surface area contributed by atoms with Crippen LogP contribution in [0.2, 0.25) is 0 Å². The van der Waals surface area contributed by atoms with Gasteiger partial charge in [0.25, 0.3) is 10.0 Å². The first-order valence-corrected chi connectivity index (χ1v) is 15.9. The lowest BCUT2D eigenvalue weighted by molar-refractivity contribution is -0.140. The van der Waals surface area contributed by atoms with E-state index in [1.54, 1.807) is 43.5 Å². The van der Waals surface area contributed by atoms with Crippen molar-refractivity contribution in [2.24, 2.45) is 0 Å². The normalized spacial score (nSPS) is 11.9. The number of sulfonamides is 1. The van der Waals surface area contributed by atoms with Gasteiger partial charge in [-0.05, 0) is 74.2 Å². The van der Waals surface area contributed by atoms with Gasteiger partial charge in [0.05, 0.1) is 24.8 Å². The van der Waals surface area contributed by atoms with Crippen LogP contribution in [-0.2, 0) is 26.2 Å². The molecule has 0 fully saturated rings. The van der Waals surface area contributed by atoms with Crippen LogP contribution >= 0.6 is 0 Å². The van der Waals surface area contributed by atoms with Crippen molar-refractivity contribution in [1.29, 1.82) is 0 Å². The Morgan fingerprint density at radius 2 is 1.53 bits per heavy atom. The number of nitrogens with zero attached hydrogens (tertiary/aromatic N) is 2. The minimum absolute atomic E-state index is 0.0421. The Balaban J connectivity index is 2.10. The maximum Gasteiger partial charge on any atom is 0.264 e. The predicted molar refractivity (Wildman–Crippen MR) is 169 cm³/mol. The fraction of sp³-hybridized carbons (Fsp3) is 0.394. The van der Waals surface area contributed by atoms with Crippen molar-refractivity contribution in [3.05, 3.63) is 83.4 Å². The van der Waals surface area contributed by atoms with Crippen molar-refractivity contribution in [3.63, 3.8) is 0 Å². The summed E-state index contributed by atoms with van der Waals surface area (Å²) < 4.78 is 40.2. The van der Waals surface area contributed by atoms with Crippen LogP contribution in [0, 0.1) is 13.8 Å². The van der Waals surface area contributed by atoms with Crippen LogP contribution in [-0.4, -0.2) is 58.5 Å². The summed E-state index contributed by atoms with van der Waals surface area (Å²) in [5.74, 6) is 0.166. The van der Waals surface area contributed by atoms with Crippen LogP contribution in [0.4, 0.5) is 5.69 Å². The summed E-state index contributed by atoms with van der Waals surface area (Å²) in [5.41, 5.74) is 2.71. The average Bonchev–Trinajstić information content (AvgIpc) is 3.00. The molecule has 232 valence electrons. The predicted octanol–water partition coefficient (Wildman–Crippen LogP) is 5.24. The van der Waals surface area contributed by atoms with Crippen molar-refractivity contribution >= 4 is 27.5 Å². The number of carbonyl (C=O) groups excluding carboxylic acids is 2. The zero-order valence-corrected chi connectivity index (χ0v) is 26.7. The fourth-order valence-corrected chi connectivity index (χ4v) is 6.12. The molecule has 9 nitrogen and oxygen atoms in total. The SMILES string of the molecule is CCCCNC(=O)[C@@H](CC)N(Cc1ccc(OC)cc1)C(=O)CN(c1cc(C)ccc1OC)S(=O)(=O)c1ccc(C)cc1. The molecule has 10 heteroatoms. The Morgan fingerprint density at radius 1 is 0.884 bits per heavy atom. The third-order valence-corrected chi connectivity index (χ3v) is 8.99. The third-order valence-electron chi connectivity index (χ3n) is 7.22. The van der Waals surface area contributed by atoms with E-state index in [0.717, 1.165) is 33.8 Å². The van der Waals surface area contributed by atoms with Gasteiger partial charge in [-0.25, -0.2) is 8.42 Å². The van der Waals surface area contributed by atoms with E-state index in [1.165, 1.54) is 24.1 Å². The van der Waals surface area contributed by atoms with Gasteiger partial charge in [-0.1, -0.05) is 56.2 Å². The molecule has 0 aliphatic carbocycles. The zero-order chi connectivity index (χ0) is 31.6. The molecule has 43 heavy (non-hydrogen) atoms. The molecule has 0 aromatic heterocycles. The molecule has 2 amide bonds. The number of aryl methyl sites for hydroxylation is 2. The molecule has 1 N–H and O–H groups in total. The van der Waals surface area contributed by atoms with Crippen LogP contribution in [0.25, 0.3) is 0 Å². The lowest BCUT2D eigenvalue weighted by Crippen LogP contribution is -2.52. The number of hydrogen-bond acceptors (Lipinski definition) is 6. The van der Waals surface area contributed by atoms with Crippen molar-refractivity contribution in [1.82, 2.24) is 10.2 Å². The number of methoxy groups -OCH3 is 2. The zero-order valence-electron chi connectivity index (χ0n) is 25.9. The Labute approximate surface area is 255 Å². The van der Waals surface area contributed by atoms with Crippen LogP contribution in [0.1, 0.15) is 49.8 Å². The van der Waals surface area contributed by atoms with Gasteiger partial charge >= 0.3 is 0 Å². The van der Waals surface area contributed by atoms with Crippen molar-refractivity contribution < 1.29 is 27.5 Å². The smallest absolute Gasteiger partial charge is 0.264 e. The summed E-state index contributed by atoms with van der Waals surface area (Å²) in [4.78, 5) is 29.1. The van der Waals surface area contributed by atoms with E-state index < -0.39 is 28.5 Å². The minimum atomic E-state index is -4.21. The van der Waals surface area contributed by atoms with E-state index in [1.807, 2.05) is 45.9 Å². The molecule has 0 aliphatic heterocycles.